The quantitative estimate of drug-likeness (QED) is 0.349. The van der Waals surface area contributed by atoms with Gasteiger partial charge in [0.25, 0.3) is 0 Å². The third-order valence-electron chi connectivity index (χ3n) is 2.36. The average molecular weight is 287 g/mol. The predicted octanol–water partition coefficient (Wildman–Crippen LogP) is 2.89. The number of azide groups is 1. The molecule has 6 nitrogen and oxygen atoms in total. The second-order valence-electron chi connectivity index (χ2n) is 3.70. The van der Waals surface area contributed by atoms with Crippen molar-refractivity contribution in [2.75, 3.05) is 13.1 Å². The van der Waals surface area contributed by atoms with Gasteiger partial charge in [0.15, 0.2) is 0 Å². The Labute approximate surface area is 113 Å². The molecular formula is C11H12ClFN4O2. The molecule has 1 aromatic carbocycles. The second-order valence-corrected chi connectivity index (χ2v) is 4.14. The lowest BCUT2D eigenvalue weighted by atomic mass is 10.1. The van der Waals surface area contributed by atoms with Crippen LogP contribution >= 0.6 is 11.6 Å². The van der Waals surface area contributed by atoms with E-state index in [1.54, 1.807) is 0 Å². The van der Waals surface area contributed by atoms with Crippen LogP contribution in [0.4, 0.5) is 4.39 Å². The fraction of sp³-hybridized carbons (Fsp3) is 0.364. The number of rotatable bonds is 7. The van der Waals surface area contributed by atoms with E-state index in [-0.39, 0.29) is 23.7 Å². The van der Waals surface area contributed by atoms with Crippen LogP contribution in [0.15, 0.2) is 23.3 Å². The molecule has 8 heteroatoms. The van der Waals surface area contributed by atoms with Crippen molar-refractivity contribution < 1.29 is 14.3 Å². The molecule has 0 aliphatic heterocycles. The summed E-state index contributed by atoms with van der Waals surface area (Å²) in [6.07, 6.45) is 0.454. The Morgan fingerprint density at radius 1 is 1.63 bits per heavy atom. The fourth-order valence-corrected chi connectivity index (χ4v) is 1.69. The Balaban J connectivity index is 2.74. The standard InChI is InChI=1S/C11H12ClFN4O2/c12-7-2-3-9(13)8(6-7)10(11(18)19)15-4-1-5-16-17-14/h2-3,6,10,15H,1,4-5H2,(H,18,19). The maximum absolute atomic E-state index is 13.6. The van der Waals surface area contributed by atoms with Crippen molar-refractivity contribution in [2.24, 2.45) is 5.11 Å². The van der Waals surface area contributed by atoms with Crippen LogP contribution in [-0.2, 0) is 4.79 Å². The number of nitrogens with one attached hydrogen (secondary N) is 1. The highest BCUT2D eigenvalue weighted by molar-refractivity contribution is 6.30. The lowest BCUT2D eigenvalue weighted by Gasteiger charge is -2.15. The maximum Gasteiger partial charge on any atom is 0.325 e. The SMILES string of the molecule is [N-]=[N+]=NCCCNC(C(=O)O)c1cc(Cl)ccc1F. The summed E-state index contributed by atoms with van der Waals surface area (Å²) < 4.78 is 13.6. The van der Waals surface area contributed by atoms with Gasteiger partial charge in [0, 0.05) is 22.0 Å². The normalized spacial score (nSPS) is 11.7. The molecule has 0 saturated carbocycles. The molecule has 1 aromatic rings. The molecule has 0 bridgehead atoms. The molecule has 0 aliphatic rings. The number of nitrogens with zero attached hydrogens (tertiary/aromatic N) is 3. The Morgan fingerprint density at radius 3 is 3.00 bits per heavy atom. The van der Waals surface area contributed by atoms with Gasteiger partial charge in [0.2, 0.25) is 0 Å². The molecule has 0 spiro atoms. The highest BCUT2D eigenvalue weighted by atomic mass is 35.5. The van der Waals surface area contributed by atoms with Crippen molar-refractivity contribution >= 4 is 17.6 Å². The van der Waals surface area contributed by atoms with Crippen LogP contribution in [0.2, 0.25) is 5.02 Å². The lowest BCUT2D eigenvalue weighted by Crippen LogP contribution is -2.30. The van der Waals surface area contributed by atoms with Crippen LogP contribution in [-0.4, -0.2) is 24.2 Å². The second kappa shape index (κ2) is 7.58. The van der Waals surface area contributed by atoms with E-state index in [9.17, 15) is 9.18 Å². The number of hydrogen-bond donors (Lipinski definition) is 2. The Hall–Kier alpha value is -1.82. The zero-order chi connectivity index (χ0) is 14.3. The van der Waals surface area contributed by atoms with Crippen LogP contribution in [0.5, 0.6) is 0 Å². The van der Waals surface area contributed by atoms with Gasteiger partial charge in [0.05, 0.1) is 0 Å². The third kappa shape index (κ3) is 4.75. The first kappa shape index (κ1) is 15.2. The van der Waals surface area contributed by atoms with Gasteiger partial charge in [-0.25, -0.2) is 4.39 Å². The summed E-state index contributed by atoms with van der Waals surface area (Å²) in [5.41, 5.74) is 8.06. The van der Waals surface area contributed by atoms with E-state index in [0.29, 0.717) is 6.42 Å². The van der Waals surface area contributed by atoms with Crippen LogP contribution in [0.1, 0.15) is 18.0 Å². The zero-order valence-corrected chi connectivity index (χ0v) is 10.6. The fourth-order valence-electron chi connectivity index (χ4n) is 1.51. The molecule has 19 heavy (non-hydrogen) atoms. The summed E-state index contributed by atoms with van der Waals surface area (Å²) in [7, 11) is 0. The Morgan fingerprint density at radius 2 is 2.37 bits per heavy atom. The van der Waals surface area contributed by atoms with Gasteiger partial charge < -0.3 is 10.4 Å². The number of hydrogen-bond acceptors (Lipinski definition) is 3. The van der Waals surface area contributed by atoms with E-state index < -0.39 is 17.8 Å². The van der Waals surface area contributed by atoms with E-state index in [2.05, 4.69) is 15.3 Å². The molecule has 0 aliphatic carbocycles. The molecule has 0 amide bonds. The molecule has 102 valence electrons. The summed E-state index contributed by atoms with van der Waals surface area (Å²) in [6.45, 7) is 0.524. The summed E-state index contributed by atoms with van der Waals surface area (Å²) in [4.78, 5) is 13.7. The van der Waals surface area contributed by atoms with Crippen molar-refractivity contribution in [2.45, 2.75) is 12.5 Å². The number of halogens is 2. The number of carbonyl (C=O) groups is 1. The first-order valence-corrected chi connectivity index (χ1v) is 5.86. The van der Waals surface area contributed by atoms with Gasteiger partial charge in [-0.15, -0.1) is 0 Å². The Kier molecular flexibility index (Phi) is 6.08. The third-order valence-corrected chi connectivity index (χ3v) is 2.60. The monoisotopic (exact) mass is 286 g/mol. The predicted molar refractivity (Wildman–Crippen MR) is 68.4 cm³/mol. The van der Waals surface area contributed by atoms with E-state index >= 15 is 0 Å². The minimum atomic E-state index is -1.20. The molecule has 0 saturated heterocycles. The van der Waals surface area contributed by atoms with E-state index in [1.165, 1.54) is 12.1 Å². The average Bonchev–Trinajstić information content (AvgIpc) is 2.37. The maximum atomic E-state index is 13.6. The first-order chi connectivity index (χ1) is 9.06. The summed E-state index contributed by atoms with van der Waals surface area (Å²) in [6, 6.07) is 2.55. The molecule has 2 N–H and O–H groups in total. The smallest absolute Gasteiger partial charge is 0.325 e. The first-order valence-electron chi connectivity index (χ1n) is 5.48. The molecule has 0 fully saturated rings. The minimum absolute atomic E-state index is 0.0243. The number of carboxylic acids is 1. The summed E-state index contributed by atoms with van der Waals surface area (Å²) in [5, 5.41) is 15.3. The molecule has 0 radical (unpaired) electrons. The number of benzene rings is 1. The van der Waals surface area contributed by atoms with Crippen LogP contribution in [0, 0.1) is 5.82 Å². The minimum Gasteiger partial charge on any atom is -0.480 e. The van der Waals surface area contributed by atoms with E-state index in [0.717, 1.165) is 6.07 Å². The number of aliphatic carboxylic acids is 1. The zero-order valence-electron chi connectivity index (χ0n) is 9.88. The van der Waals surface area contributed by atoms with Crippen molar-refractivity contribution in [1.82, 2.24) is 5.32 Å². The van der Waals surface area contributed by atoms with Gasteiger partial charge >= 0.3 is 5.97 Å². The van der Waals surface area contributed by atoms with Crippen molar-refractivity contribution in [1.29, 1.82) is 0 Å². The summed E-state index contributed by atoms with van der Waals surface area (Å²) >= 11 is 5.73. The van der Waals surface area contributed by atoms with E-state index in [4.69, 9.17) is 22.2 Å². The highest BCUT2D eigenvalue weighted by Gasteiger charge is 2.22. The molecule has 1 atom stereocenters. The Bertz CT molecular complexity index is 505. The molecular weight excluding hydrogens is 275 g/mol. The molecule has 0 aromatic heterocycles. The van der Waals surface area contributed by atoms with Crippen LogP contribution in [0.3, 0.4) is 0 Å². The van der Waals surface area contributed by atoms with Crippen LogP contribution in [0.25, 0.3) is 10.4 Å². The molecule has 0 heterocycles. The molecule has 1 rings (SSSR count). The van der Waals surface area contributed by atoms with Gasteiger partial charge in [-0.1, -0.05) is 16.7 Å². The van der Waals surface area contributed by atoms with Gasteiger partial charge in [0.1, 0.15) is 11.9 Å². The van der Waals surface area contributed by atoms with Crippen molar-refractivity contribution in [3.05, 3.63) is 45.0 Å². The van der Waals surface area contributed by atoms with Gasteiger partial charge in [-0.3, -0.25) is 4.79 Å². The van der Waals surface area contributed by atoms with Gasteiger partial charge in [-0.05, 0) is 36.7 Å². The van der Waals surface area contributed by atoms with E-state index in [1.807, 2.05) is 0 Å². The van der Waals surface area contributed by atoms with Crippen molar-refractivity contribution in [3.63, 3.8) is 0 Å². The lowest BCUT2D eigenvalue weighted by molar-refractivity contribution is -0.139. The molecule has 1 unspecified atom stereocenters. The summed E-state index contributed by atoms with van der Waals surface area (Å²) in [5.74, 6) is -1.84. The highest BCUT2D eigenvalue weighted by Crippen LogP contribution is 2.21. The largest absolute Gasteiger partial charge is 0.480 e. The topological polar surface area (TPSA) is 98.1 Å². The number of carboxylic acid groups (broad SMARTS) is 1. The van der Waals surface area contributed by atoms with Crippen molar-refractivity contribution in [3.8, 4) is 0 Å². The van der Waals surface area contributed by atoms with Gasteiger partial charge in [-0.2, -0.15) is 0 Å². The van der Waals surface area contributed by atoms with Crippen LogP contribution < -0.4 is 5.32 Å².